The van der Waals surface area contributed by atoms with Crippen LogP contribution >= 0.6 is 0 Å². The van der Waals surface area contributed by atoms with Crippen LogP contribution < -0.4 is 9.47 Å². The Morgan fingerprint density at radius 3 is 3.03 bits per heavy atom. The highest BCUT2D eigenvalue weighted by Crippen LogP contribution is 2.64. The van der Waals surface area contributed by atoms with Crippen molar-refractivity contribution in [1.29, 1.82) is 0 Å². The molecule has 6 rings (SSSR count). The Hall–Kier alpha value is -2.44. The van der Waals surface area contributed by atoms with Crippen LogP contribution in [0.15, 0.2) is 30.6 Å². The molecule has 1 saturated heterocycles. The molecule has 1 N–H and O–H groups in total. The average Bonchev–Trinajstić information content (AvgIpc) is 3.13. The topological polar surface area (TPSA) is 71.9 Å². The van der Waals surface area contributed by atoms with Gasteiger partial charge in [0.1, 0.15) is 6.10 Å². The molecule has 1 spiro atoms. The van der Waals surface area contributed by atoms with Crippen molar-refractivity contribution in [2.24, 2.45) is 5.92 Å². The Morgan fingerprint density at radius 2 is 2.27 bits per heavy atom. The van der Waals surface area contributed by atoms with Gasteiger partial charge in [-0.1, -0.05) is 0 Å². The quantitative estimate of drug-likeness (QED) is 0.789. The number of piperidine rings is 1. The summed E-state index contributed by atoms with van der Waals surface area (Å²) in [7, 11) is 3.80. The highest BCUT2D eigenvalue weighted by molar-refractivity contribution is 6.10. The number of rotatable bonds is 3. The second-order valence-corrected chi connectivity index (χ2v) is 9.21. The van der Waals surface area contributed by atoms with Gasteiger partial charge in [-0.15, -0.1) is 0 Å². The third-order valence-corrected chi connectivity index (χ3v) is 8.07. The summed E-state index contributed by atoms with van der Waals surface area (Å²) >= 11 is 0. The van der Waals surface area contributed by atoms with E-state index >= 15 is 0 Å². The number of likely N-dealkylation sites (N-methyl/N-ethyl adjacent to an activating group) is 1. The first-order valence-electron chi connectivity index (χ1n) is 10.8. The number of carbonyl (C=O) groups excluding carboxylic acids is 1. The Morgan fingerprint density at radius 1 is 1.40 bits per heavy atom. The SMILES string of the molecule is COc1cc(C(=O)c2cccnc2)c2c3c1O[C@H]1[C@@H](O)CC[C@H]4[C@@H](C2)N(C)CC[C@@]341. The van der Waals surface area contributed by atoms with Crippen LogP contribution in [0.2, 0.25) is 0 Å². The maximum absolute atomic E-state index is 13.5. The van der Waals surface area contributed by atoms with E-state index in [9.17, 15) is 9.90 Å². The number of ether oxygens (including phenoxy) is 2. The number of ketones is 1. The number of pyridine rings is 1. The number of aliphatic hydroxyl groups is 1. The average molecular weight is 406 g/mol. The predicted molar refractivity (Wildman–Crippen MR) is 110 cm³/mol. The molecule has 1 saturated carbocycles. The number of hydrogen-bond acceptors (Lipinski definition) is 6. The van der Waals surface area contributed by atoms with E-state index in [-0.39, 0.29) is 17.3 Å². The van der Waals surface area contributed by atoms with Crippen molar-refractivity contribution < 1.29 is 19.4 Å². The van der Waals surface area contributed by atoms with Gasteiger partial charge in [-0.2, -0.15) is 0 Å². The number of likely N-dealkylation sites (tertiary alicyclic amines) is 1. The van der Waals surface area contributed by atoms with Gasteiger partial charge >= 0.3 is 0 Å². The molecule has 6 heteroatoms. The number of aromatic nitrogens is 1. The zero-order valence-electron chi connectivity index (χ0n) is 17.3. The minimum absolute atomic E-state index is 0.0328. The summed E-state index contributed by atoms with van der Waals surface area (Å²) in [4.78, 5) is 20.1. The van der Waals surface area contributed by atoms with Crippen molar-refractivity contribution in [3.8, 4) is 11.5 Å². The summed E-state index contributed by atoms with van der Waals surface area (Å²) in [6.07, 6.45) is 6.03. The Balaban J connectivity index is 1.62. The van der Waals surface area contributed by atoms with Crippen molar-refractivity contribution in [2.45, 2.75) is 49.3 Å². The first-order valence-corrected chi connectivity index (χ1v) is 10.8. The lowest BCUT2D eigenvalue weighted by atomic mass is 9.51. The molecule has 156 valence electrons. The summed E-state index contributed by atoms with van der Waals surface area (Å²) in [5, 5.41) is 10.9. The molecule has 0 amide bonds. The van der Waals surface area contributed by atoms with Crippen LogP contribution in [0.25, 0.3) is 0 Å². The summed E-state index contributed by atoms with van der Waals surface area (Å²) in [6, 6.07) is 5.78. The van der Waals surface area contributed by atoms with E-state index in [2.05, 4.69) is 16.9 Å². The maximum atomic E-state index is 13.5. The molecule has 1 aromatic heterocycles. The lowest BCUT2D eigenvalue weighted by molar-refractivity contribution is -0.0993. The standard InChI is InChI=1S/C24H26N2O4/c1-26-9-7-24-16-5-6-18(27)23(24)30-22-19(29-2)11-15(14(20(22)24)10-17(16)26)21(28)13-4-3-8-25-12-13/h3-4,8,11-12,16-18,23,27H,5-7,9-10H2,1-2H3/t16-,17+,18-,23-,24-/m0/s1. The molecule has 2 bridgehead atoms. The predicted octanol–water partition coefficient (Wildman–Crippen LogP) is 2.35. The van der Waals surface area contributed by atoms with Crippen molar-refractivity contribution in [3.05, 3.63) is 52.8 Å². The molecule has 2 aliphatic carbocycles. The van der Waals surface area contributed by atoms with E-state index in [0.717, 1.165) is 49.1 Å². The van der Waals surface area contributed by atoms with Gasteiger partial charge < -0.3 is 19.5 Å². The van der Waals surface area contributed by atoms with Crippen molar-refractivity contribution in [2.75, 3.05) is 20.7 Å². The van der Waals surface area contributed by atoms with Gasteiger partial charge in [0.2, 0.25) is 0 Å². The van der Waals surface area contributed by atoms with E-state index in [1.807, 2.05) is 12.1 Å². The van der Waals surface area contributed by atoms with Gasteiger partial charge in [-0.3, -0.25) is 9.78 Å². The minimum atomic E-state index is -0.495. The molecule has 2 aromatic rings. The van der Waals surface area contributed by atoms with Gasteiger partial charge in [0, 0.05) is 40.5 Å². The van der Waals surface area contributed by atoms with Crippen LogP contribution in [-0.4, -0.2) is 59.7 Å². The van der Waals surface area contributed by atoms with Crippen LogP contribution in [0.4, 0.5) is 0 Å². The maximum Gasteiger partial charge on any atom is 0.195 e. The van der Waals surface area contributed by atoms with Gasteiger partial charge in [0.15, 0.2) is 17.3 Å². The molecule has 1 aromatic carbocycles. The van der Waals surface area contributed by atoms with E-state index < -0.39 is 6.10 Å². The Bertz CT molecular complexity index is 1040. The van der Waals surface area contributed by atoms with Crippen molar-refractivity contribution >= 4 is 5.78 Å². The van der Waals surface area contributed by atoms with E-state index in [1.54, 1.807) is 25.6 Å². The highest BCUT2D eigenvalue weighted by atomic mass is 16.5. The molecule has 5 atom stereocenters. The van der Waals surface area contributed by atoms with E-state index in [1.165, 1.54) is 0 Å². The van der Waals surface area contributed by atoms with Crippen LogP contribution in [0.5, 0.6) is 11.5 Å². The molecule has 2 fully saturated rings. The normalized spacial score (nSPS) is 33.6. The molecule has 0 radical (unpaired) electrons. The molecule has 0 unspecified atom stereocenters. The molecule has 30 heavy (non-hydrogen) atoms. The number of aliphatic hydroxyl groups excluding tert-OH is 1. The van der Waals surface area contributed by atoms with Crippen LogP contribution in [0.1, 0.15) is 46.3 Å². The molecule has 3 heterocycles. The van der Waals surface area contributed by atoms with Gasteiger partial charge in [-0.25, -0.2) is 0 Å². The fourth-order valence-corrected chi connectivity index (χ4v) is 6.79. The Kier molecular flexibility index (Phi) is 3.84. The van der Waals surface area contributed by atoms with Crippen LogP contribution in [0.3, 0.4) is 0 Å². The highest BCUT2D eigenvalue weighted by Gasteiger charge is 2.65. The van der Waals surface area contributed by atoms with E-state index in [0.29, 0.717) is 28.8 Å². The number of hydrogen-bond donors (Lipinski definition) is 1. The first-order chi connectivity index (χ1) is 14.6. The molecular weight excluding hydrogens is 380 g/mol. The van der Waals surface area contributed by atoms with Crippen LogP contribution in [0, 0.1) is 5.92 Å². The zero-order chi connectivity index (χ0) is 20.6. The monoisotopic (exact) mass is 406 g/mol. The Labute approximate surface area is 175 Å². The summed E-state index contributed by atoms with van der Waals surface area (Å²) in [5.74, 6) is 1.73. The van der Waals surface area contributed by atoms with Gasteiger partial charge in [0.05, 0.1) is 13.2 Å². The van der Waals surface area contributed by atoms with E-state index in [4.69, 9.17) is 9.47 Å². The van der Waals surface area contributed by atoms with Gasteiger partial charge in [-0.05, 0) is 69.0 Å². The number of benzene rings is 1. The second kappa shape index (κ2) is 6.28. The second-order valence-electron chi connectivity index (χ2n) is 9.21. The summed E-state index contributed by atoms with van der Waals surface area (Å²) in [5.41, 5.74) is 3.22. The fourth-order valence-electron chi connectivity index (χ4n) is 6.79. The lowest BCUT2D eigenvalue weighted by Gasteiger charge is -2.58. The largest absolute Gasteiger partial charge is 0.493 e. The first kappa shape index (κ1) is 18.3. The minimum Gasteiger partial charge on any atom is -0.493 e. The third kappa shape index (κ3) is 2.16. The molecule has 4 aliphatic rings. The summed E-state index contributed by atoms with van der Waals surface area (Å²) in [6.45, 7) is 0.968. The molecular formula is C24H26N2O4. The number of methoxy groups -OCH3 is 1. The zero-order valence-corrected chi connectivity index (χ0v) is 17.3. The van der Waals surface area contributed by atoms with Crippen molar-refractivity contribution in [1.82, 2.24) is 9.88 Å². The number of nitrogens with zero attached hydrogens (tertiary/aromatic N) is 2. The molecule has 6 nitrogen and oxygen atoms in total. The fraction of sp³-hybridized carbons (Fsp3) is 0.500. The summed E-state index contributed by atoms with van der Waals surface area (Å²) < 4.78 is 12.2. The lowest BCUT2D eigenvalue weighted by Crippen LogP contribution is -2.66. The van der Waals surface area contributed by atoms with Crippen molar-refractivity contribution in [3.63, 3.8) is 0 Å². The number of carbonyl (C=O) groups is 1. The smallest absolute Gasteiger partial charge is 0.195 e. The molecule has 2 aliphatic heterocycles. The van der Waals surface area contributed by atoms with Gasteiger partial charge in [0.25, 0.3) is 0 Å². The van der Waals surface area contributed by atoms with Crippen LogP contribution in [-0.2, 0) is 11.8 Å². The third-order valence-electron chi connectivity index (χ3n) is 8.07.